The number of fused-ring (bicyclic) bond motifs is 3. The van der Waals surface area contributed by atoms with Gasteiger partial charge in [-0.15, -0.1) is 64.7 Å². The van der Waals surface area contributed by atoms with Crippen molar-refractivity contribution in [1.29, 1.82) is 0 Å². The molecule has 5 heteroatoms. The van der Waals surface area contributed by atoms with Crippen LogP contribution in [0.25, 0.3) is 11.1 Å². The molecule has 2 aliphatic rings. The predicted octanol–water partition coefficient (Wildman–Crippen LogP) is 16.9. The van der Waals surface area contributed by atoms with Crippen LogP contribution >= 0.6 is 48.0 Å². The van der Waals surface area contributed by atoms with Crippen LogP contribution in [0.5, 0.6) is 0 Å². The zero-order chi connectivity index (χ0) is 43.7. The molecule has 0 fully saturated rings. The molecule has 6 rings (SSSR count). The van der Waals surface area contributed by atoms with Gasteiger partial charge in [0.1, 0.15) is 0 Å². The first-order valence-corrected chi connectivity index (χ1v) is 22.8. The number of hydrogen-bond acceptors (Lipinski definition) is 0. The summed E-state index contributed by atoms with van der Waals surface area (Å²) in [5.74, 6) is 1.22. The quantitative estimate of drug-likeness (QED) is 0.147. The van der Waals surface area contributed by atoms with Crippen molar-refractivity contribution in [2.45, 2.75) is 146 Å². The maximum absolute atomic E-state index is 5.52. The third kappa shape index (κ3) is 17.5. The Morgan fingerprint density at radius 3 is 1.31 bits per heavy atom. The molecule has 0 saturated heterocycles. The number of halogens is 4. The van der Waals surface area contributed by atoms with Gasteiger partial charge in [0.2, 0.25) is 0 Å². The van der Waals surface area contributed by atoms with Crippen LogP contribution in [0, 0.1) is 41.5 Å². The van der Waals surface area contributed by atoms with Gasteiger partial charge in [0.25, 0.3) is 0 Å². The molecule has 59 heavy (non-hydrogen) atoms. The molecule has 4 aromatic rings. The molecule has 4 aromatic carbocycles. The van der Waals surface area contributed by atoms with E-state index in [-0.39, 0.29) is 51.9 Å². The van der Waals surface area contributed by atoms with Gasteiger partial charge in [-0.3, -0.25) is 6.08 Å². The van der Waals surface area contributed by atoms with Crippen LogP contribution in [0.2, 0.25) is 10.0 Å². The molecule has 1 unspecified atom stereocenters. The molecule has 1 atom stereocenters. The van der Waals surface area contributed by atoms with Crippen molar-refractivity contribution in [3.8, 4) is 11.1 Å². The van der Waals surface area contributed by atoms with Gasteiger partial charge in [0.05, 0.1) is 0 Å². The normalized spacial score (nSPS) is 14.2. The molecule has 0 spiro atoms. The summed E-state index contributed by atoms with van der Waals surface area (Å²) in [6, 6.07) is 31.4. The average molecular weight is 954 g/mol. The minimum atomic E-state index is 0. The molecule has 0 nitrogen and oxygen atoms in total. The predicted molar refractivity (Wildman–Crippen MR) is 264 cm³/mol. The summed E-state index contributed by atoms with van der Waals surface area (Å²) < 4.78 is 3.34. The van der Waals surface area contributed by atoms with E-state index in [1.54, 1.807) is 48.5 Å². The van der Waals surface area contributed by atoms with Crippen LogP contribution in [0.4, 0.5) is 0 Å². The SMILES string of the molecule is CC(C)(C)c1[c-]c2c(cc1C(C)(C)C)-c1cc(C(C)(C)C)c(C(C)(C)C)cc1C2.CC(C)C1[C-]=CC(C(C)(C)C)=C1.Cl.Cl.Clc1cc[c-]cc1.Clc1cc[c-]cc1.[CH2]=[Zr]. The first-order valence-electron chi connectivity index (χ1n) is 20.3. The molecular weight excluding hydrogens is 882 g/mol. The van der Waals surface area contributed by atoms with Gasteiger partial charge in [-0.2, -0.15) is 90.0 Å². The van der Waals surface area contributed by atoms with E-state index in [0.717, 1.165) is 16.5 Å². The van der Waals surface area contributed by atoms with E-state index in [4.69, 9.17) is 23.2 Å². The molecule has 0 bridgehead atoms. The molecule has 2 aliphatic carbocycles. The van der Waals surface area contributed by atoms with E-state index in [9.17, 15) is 0 Å². The Labute approximate surface area is 399 Å². The Bertz CT molecular complexity index is 1820. The molecule has 0 N–H and O–H groups in total. The first kappa shape index (κ1) is 57.3. The standard InChI is InChI=1S/C29H41.C12H19.2C6H4Cl.CH2.2ClH.Zr/c1-26(2,3)22-14-18-13-19-15-23(27(4,5)6)25(29(10,11)12)17-21(19)20(18)16-24(22)28(7,8)9;1-9(2)10-6-7-11(8-10)12(3,4)5;2*7-6-4-2-1-3-5-6;;;;/h14,16-17H,13H2,1-12H3;7-10H,1-5H3;2*2-5H;1H2;2*1H;/q4*-1;;;;. The second-order valence-corrected chi connectivity index (χ2v) is 21.4. The maximum atomic E-state index is 5.52. The summed E-state index contributed by atoms with van der Waals surface area (Å²) in [4.78, 5) is 0. The fourth-order valence-corrected chi connectivity index (χ4v) is 6.94. The van der Waals surface area contributed by atoms with Crippen LogP contribution in [0.3, 0.4) is 0 Å². The molecule has 0 heterocycles. The molecule has 324 valence electrons. The zero-order valence-electron chi connectivity index (χ0n) is 39.1. The Balaban J connectivity index is 0.000000914. The van der Waals surface area contributed by atoms with Gasteiger partial charge in [-0.1, -0.05) is 168 Å². The van der Waals surface area contributed by atoms with Crippen LogP contribution < -0.4 is 0 Å². The van der Waals surface area contributed by atoms with Crippen LogP contribution in [0.1, 0.15) is 151 Å². The third-order valence-corrected chi connectivity index (χ3v) is 10.5. The summed E-state index contributed by atoms with van der Waals surface area (Å²) in [7, 11) is 0. The molecular formula is C54H72Cl4Zr-4. The summed E-state index contributed by atoms with van der Waals surface area (Å²) in [6.07, 6.45) is 8.91. The van der Waals surface area contributed by atoms with Crippen molar-refractivity contribution >= 4 is 52.2 Å². The van der Waals surface area contributed by atoms with Crippen molar-refractivity contribution < 1.29 is 24.2 Å². The van der Waals surface area contributed by atoms with Crippen molar-refractivity contribution in [2.24, 2.45) is 17.3 Å². The Hall–Kier alpha value is -1.73. The summed E-state index contributed by atoms with van der Waals surface area (Å²) >= 11 is 12.3. The Kier molecular flexibility index (Phi) is 23.0. The molecule has 0 radical (unpaired) electrons. The fourth-order valence-electron chi connectivity index (χ4n) is 6.69. The van der Waals surface area contributed by atoms with Crippen molar-refractivity contribution in [1.82, 2.24) is 0 Å². The number of benzene rings is 4. The number of rotatable bonds is 1. The molecule has 0 saturated carbocycles. The van der Waals surface area contributed by atoms with E-state index < -0.39 is 0 Å². The second-order valence-electron chi connectivity index (χ2n) is 20.6. The molecule has 0 amide bonds. The average Bonchev–Trinajstić information content (AvgIpc) is 3.74. The van der Waals surface area contributed by atoms with Gasteiger partial charge in [-0.25, -0.2) is 6.08 Å². The minimum absolute atomic E-state index is 0. The topological polar surface area (TPSA) is 0 Å². The summed E-state index contributed by atoms with van der Waals surface area (Å²) in [6.45, 7) is 39.2. The number of hydrogen-bond donors (Lipinski definition) is 0. The number of allylic oxidation sites excluding steroid dienone is 4. The van der Waals surface area contributed by atoms with E-state index in [1.165, 1.54) is 74.3 Å². The summed E-state index contributed by atoms with van der Waals surface area (Å²) in [5.41, 5.74) is 13.7. The van der Waals surface area contributed by atoms with E-state index in [2.05, 4.69) is 177 Å². The summed E-state index contributed by atoms with van der Waals surface area (Å²) in [5, 5.41) is 1.53. The second kappa shape index (κ2) is 23.6. The van der Waals surface area contributed by atoms with Crippen molar-refractivity contribution in [2.75, 3.05) is 0 Å². The third-order valence-electron chi connectivity index (χ3n) is 9.96. The van der Waals surface area contributed by atoms with Crippen molar-refractivity contribution in [3.05, 3.63) is 152 Å². The van der Waals surface area contributed by atoms with Crippen LogP contribution in [-0.4, -0.2) is 4.21 Å². The van der Waals surface area contributed by atoms with E-state index >= 15 is 0 Å². The Morgan fingerprint density at radius 1 is 0.593 bits per heavy atom. The van der Waals surface area contributed by atoms with Gasteiger partial charge in [0, 0.05) is 0 Å². The van der Waals surface area contributed by atoms with Gasteiger partial charge in [0.15, 0.2) is 0 Å². The first-order chi connectivity index (χ1) is 26.1. The van der Waals surface area contributed by atoms with Crippen LogP contribution in [0.15, 0.2) is 84.5 Å². The fraction of sp³-hybridized carbons (Fsp3) is 0.463. The zero-order valence-corrected chi connectivity index (χ0v) is 44.7. The van der Waals surface area contributed by atoms with Gasteiger partial charge < -0.3 is 0 Å². The van der Waals surface area contributed by atoms with Gasteiger partial charge in [-0.05, 0) is 39.4 Å². The monoisotopic (exact) mass is 950 g/mol. The van der Waals surface area contributed by atoms with E-state index in [1.807, 2.05) is 0 Å². The van der Waals surface area contributed by atoms with Gasteiger partial charge >= 0.3 is 28.4 Å². The van der Waals surface area contributed by atoms with Crippen molar-refractivity contribution in [3.63, 3.8) is 0 Å². The molecule has 0 aromatic heterocycles. The van der Waals surface area contributed by atoms with Crippen LogP contribution in [-0.2, 0) is 52.3 Å². The van der Waals surface area contributed by atoms with E-state index in [0.29, 0.717) is 11.8 Å². The molecule has 0 aliphatic heterocycles. The Morgan fingerprint density at radius 2 is 1.00 bits per heavy atom.